The average Bonchev–Trinajstić information content (AvgIpc) is 3.22. The monoisotopic (exact) mass is 292 g/mol. The predicted octanol–water partition coefficient (Wildman–Crippen LogP) is 2.61. The Kier molecular flexibility index (Phi) is 4.51. The second kappa shape index (κ2) is 6.54. The van der Waals surface area contributed by atoms with E-state index in [0.29, 0.717) is 5.92 Å². The van der Waals surface area contributed by atoms with Crippen LogP contribution in [0.25, 0.3) is 0 Å². The molecular formula is C15H24N4O2. The van der Waals surface area contributed by atoms with Gasteiger partial charge in [-0.25, -0.2) is 4.68 Å². The van der Waals surface area contributed by atoms with Gasteiger partial charge in [0, 0.05) is 6.42 Å². The van der Waals surface area contributed by atoms with Gasteiger partial charge < -0.3 is 5.11 Å². The lowest BCUT2D eigenvalue weighted by Crippen LogP contribution is -2.20. The number of nitrogens with zero attached hydrogens (tertiary/aromatic N) is 4. The molecule has 116 valence electrons. The van der Waals surface area contributed by atoms with Gasteiger partial charge in [-0.15, -0.1) is 5.10 Å². The third-order valence-corrected chi connectivity index (χ3v) is 4.93. The van der Waals surface area contributed by atoms with E-state index in [9.17, 15) is 4.79 Å². The first-order chi connectivity index (χ1) is 10.2. The number of hydrogen-bond donors (Lipinski definition) is 1. The summed E-state index contributed by atoms with van der Waals surface area (Å²) in [5, 5.41) is 21.1. The Labute approximate surface area is 124 Å². The molecule has 2 saturated carbocycles. The molecule has 2 aliphatic rings. The molecule has 0 amide bonds. The summed E-state index contributed by atoms with van der Waals surface area (Å²) in [6, 6.07) is -0.0566. The van der Waals surface area contributed by atoms with E-state index in [0.717, 1.165) is 37.4 Å². The van der Waals surface area contributed by atoms with E-state index in [-0.39, 0.29) is 12.5 Å². The van der Waals surface area contributed by atoms with E-state index in [2.05, 4.69) is 15.5 Å². The SMILES string of the molecule is O=C(O)CC(C1CC1)n1nnnc1CCC1CCCCC1. The molecule has 21 heavy (non-hydrogen) atoms. The first-order valence-corrected chi connectivity index (χ1v) is 8.22. The summed E-state index contributed by atoms with van der Waals surface area (Å²) >= 11 is 0. The van der Waals surface area contributed by atoms with Crippen molar-refractivity contribution in [2.45, 2.75) is 70.3 Å². The van der Waals surface area contributed by atoms with Crippen LogP contribution in [-0.4, -0.2) is 31.3 Å². The third-order valence-electron chi connectivity index (χ3n) is 4.93. The molecule has 1 atom stereocenters. The topological polar surface area (TPSA) is 80.9 Å². The minimum atomic E-state index is -0.763. The Morgan fingerprint density at radius 2 is 2.00 bits per heavy atom. The second-order valence-corrected chi connectivity index (χ2v) is 6.59. The highest BCUT2D eigenvalue weighted by Crippen LogP contribution is 2.41. The van der Waals surface area contributed by atoms with Gasteiger partial charge in [0.15, 0.2) is 5.82 Å². The molecule has 6 heteroatoms. The van der Waals surface area contributed by atoms with Crippen LogP contribution in [0.2, 0.25) is 0 Å². The van der Waals surface area contributed by atoms with E-state index in [1.807, 2.05) is 0 Å². The average molecular weight is 292 g/mol. The fourth-order valence-corrected chi connectivity index (χ4v) is 3.56. The summed E-state index contributed by atoms with van der Waals surface area (Å²) in [5.74, 6) is 1.35. The number of carboxylic acid groups (broad SMARTS) is 1. The number of tetrazole rings is 1. The molecule has 1 N–H and O–H groups in total. The Morgan fingerprint density at radius 1 is 1.24 bits per heavy atom. The summed E-state index contributed by atoms with van der Waals surface area (Å²) in [6.07, 6.45) is 11.0. The summed E-state index contributed by atoms with van der Waals surface area (Å²) < 4.78 is 1.80. The van der Waals surface area contributed by atoms with Gasteiger partial charge in [-0.05, 0) is 41.5 Å². The van der Waals surface area contributed by atoms with Crippen LogP contribution in [-0.2, 0) is 11.2 Å². The lowest BCUT2D eigenvalue weighted by molar-refractivity contribution is -0.138. The zero-order valence-corrected chi connectivity index (χ0v) is 12.4. The molecule has 1 heterocycles. The number of carbonyl (C=O) groups is 1. The minimum absolute atomic E-state index is 0.0566. The van der Waals surface area contributed by atoms with Crippen LogP contribution >= 0.6 is 0 Å². The first-order valence-electron chi connectivity index (χ1n) is 8.22. The number of aromatic nitrogens is 4. The van der Waals surface area contributed by atoms with Gasteiger partial charge in [0.2, 0.25) is 0 Å². The first kappa shape index (κ1) is 14.5. The summed E-state index contributed by atoms with van der Waals surface area (Å²) in [5.41, 5.74) is 0. The molecule has 0 radical (unpaired) electrons. The Hall–Kier alpha value is -1.46. The van der Waals surface area contributed by atoms with Crippen molar-refractivity contribution in [3.05, 3.63) is 5.82 Å². The molecule has 0 saturated heterocycles. The van der Waals surface area contributed by atoms with Crippen molar-refractivity contribution in [3.63, 3.8) is 0 Å². The quantitative estimate of drug-likeness (QED) is 0.835. The highest BCUT2D eigenvalue weighted by atomic mass is 16.4. The van der Waals surface area contributed by atoms with E-state index in [1.54, 1.807) is 4.68 Å². The van der Waals surface area contributed by atoms with Crippen LogP contribution in [0.15, 0.2) is 0 Å². The van der Waals surface area contributed by atoms with Crippen LogP contribution < -0.4 is 0 Å². The van der Waals surface area contributed by atoms with Gasteiger partial charge in [-0.3, -0.25) is 4.79 Å². The molecule has 1 unspecified atom stereocenters. The number of rotatable bonds is 7. The standard InChI is InChI=1S/C15H24N4O2/c20-15(21)10-13(12-7-8-12)19-14(16-17-18-19)9-6-11-4-2-1-3-5-11/h11-13H,1-10H2,(H,20,21). The molecule has 2 fully saturated rings. The summed E-state index contributed by atoms with van der Waals surface area (Å²) in [4.78, 5) is 11.1. The number of hydrogen-bond acceptors (Lipinski definition) is 4. The van der Waals surface area contributed by atoms with Gasteiger partial charge in [0.05, 0.1) is 12.5 Å². The Balaban J connectivity index is 1.63. The number of aryl methyl sites for hydroxylation is 1. The number of carboxylic acids is 1. The van der Waals surface area contributed by atoms with E-state index >= 15 is 0 Å². The molecule has 0 aliphatic heterocycles. The Bertz CT molecular complexity index is 478. The highest BCUT2D eigenvalue weighted by Gasteiger charge is 2.36. The smallest absolute Gasteiger partial charge is 0.305 e. The van der Waals surface area contributed by atoms with Crippen molar-refractivity contribution in [2.75, 3.05) is 0 Å². The summed E-state index contributed by atoms with van der Waals surface area (Å²) in [7, 11) is 0. The van der Waals surface area contributed by atoms with E-state index in [4.69, 9.17) is 5.11 Å². The number of aliphatic carboxylic acids is 1. The molecule has 0 spiro atoms. The van der Waals surface area contributed by atoms with Gasteiger partial charge in [0.25, 0.3) is 0 Å². The lowest BCUT2D eigenvalue weighted by atomic mass is 9.86. The molecule has 0 bridgehead atoms. The molecule has 6 nitrogen and oxygen atoms in total. The molecule has 3 rings (SSSR count). The normalized spacial score (nSPS) is 21.3. The van der Waals surface area contributed by atoms with Gasteiger partial charge in [-0.2, -0.15) is 0 Å². The van der Waals surface area contributed by atoms with Crippen molar-refractivity contribution in [1.82, 2.24) is 20.2 Å². The maximum Gasteiger partial charge on any atom is 0.305 e. The molecule has 1 aromatic heterocycles. The molecule has 2 aliphatic carbocycles. The van der Waals surface area contributed by atoms with Crippen LogP contribution in [0.3, 0.4) is 0 Å². The van der Waals surface area contributed by atoms with Gasteiger partial charge in [0.1, 0.15) is 0 Å². The maximum atomic E-state index is 11.1. The van der Waals surface area contributed by atoms with Crippen LogP contribution in [0.1, 0.15) is 69.7 Å². The van der Waals surface area contributed by atoms with Gasteiger partial charge in [-0.1, -0.05) is 32.1 Å². The predicted molar refractivity (Wildman–Crippen MR) is 76.7 cm³/mol. The van der Waals surface area contributed by atoms with Crippen molar-refractivity contribution in [2.24, 2.45) is 11.8 Å². The van der Waals surface area contributed by atoms with Crippen LogP contribution in [0.4, 0.5) is 0 Å². The third kappa shape index (κ3) is 3.80. The lowest BCUT2D eigenvalue weighted by Gasteiger charge is -2.21. The van der Waals surface area contributed by atoms with Crippen LogP contribution in [0, 0.1) is 11.8 Å². The fraction of sp³-hybridized carbons (Fsp3) is 0.867. The fourth-order valence-electron chi connectivity index (χ4n) is 3.56. The maximum absolute atomic E-state index is 11.1. The molecule has 1 aromatic rings. The van der Waals surface area contributed by atoms with E-state index in [1.165, 1.54) is 32.1 Å². The molecular weight excluding hydrogens is 268 g/mol. The van der Waals surface area contributed by atoms with Crippen molar-refractivity contribution < 1.29 is 9.90 Å². The Morgan fingerprint density at radius 3 is 2.67 bits per heavy atom. The molecule has 0 aromatic carbocycles. The highest BCUT2D eigenvalue weighted by molar-refractivity contribution is 5.67. The van der Waals surface area contributed by atoms with E-state index < -0.39 is 5.97 Å². The minimum Gasteiger partial charge on any atom is -0.481 e. The second-order valence-electron chi connectivity index (χ2n) is 6.59. The summed E-state index contributed by atoms with van der Waals surface area (Å²) in [6.45, 7) is 0. The van der Waals surface area contributed by atoms with Crippen LogP contribution in [0.5, 0.6) is 0 Å². The van der Waals surface area contributed by atoms with Crippen molar-refractivity contribution in [1.29, 1.82) is 0 Å². The zero-order chi connectivity index (χ0) is 14.7. The van der Waals surface area contributed by atoms with Crippen molar-refractivity contribution >= 4 is 5.97 Å². The zero-order valence-electron chi connectivity index (χ0n) is 12.4. The van der Waals surface area contributed by atoms with Crippen molar-refractivity contribution in [3.8, 4) is 0 Å². The van der Waals surface area contributed by atoms with Gasteiger partial charge >= 0.3 is 5.97 Å². The largest absolute Gasteiger partial charge is 0.481 e.